The number of aromatic nitrogens is 1. The predicted octanol–water partition coefficient (Wildman–Crippen LogP) is 2.10. The van der Waals surface area contributed by atoms with E-state index in [0.717, 1.165) is 11.8 Å². The number of alkyl halides is 3. The smallest absolute Gasteiger partial charge is 0.399 e. The van der Waals surface area contributed by atoms with Gasteiger partial charge in [-0.05, 0) is 12.1 Å². The molecule has 0 amide bonds. The molecule has 0 radical (unpaired) electrons. The van der Waals surface area contributed by atoms with Crippen molar-refractivity contribution < 1.29 is 18.4 Å². The van der Waals surface area contributed by atoms with E-state index in [4.69, 9.17) is 10.9 Å². The fourth-order valence-corrected chi connectivity index (χ4v) is 2.03. The molecule has 0 bridgehead atoms. The molecule has 1 rings (SSSR count). The minimum atomic E-state index is -4.54. The number of nitrogens with two attached hydrogens (primary N) is 1. The molecule has 0 saturated carbocycles. The first-order chi connectivity index (χ1) is 7.95. The van der Waals surface area contributed by atoms with E-state index in [0.29, 0.717) is 5.03 Å². The Morgan fingerprint density at radius 1 is 1.53 bits per heavy atom. The van der Waals surface area contributed by atoms with E-state index in [1.165, 1.54) is 6.20 Å². The van der Waals surface area contributed by atoms with Gasteiger partial charge in [0.2, 0.25) is 0 Å². The first-order valence-electron chi connectivity index (χ1n) is 4.53. The van der Waals surface area contributed by atoms with Gasteiger partial charge in [0, 0.05) is 11.9 Å². The summed E-state index contributed by atoms with van der Waals surface area (Å²) in [5.41, 5.74) is 5.01. The molecule has 0 spiro atoms. The van der Waals surface area contributed by atoms with Gasteiger partial charge in [-0.3, -0.25) is 0 Å². The van der Waals surface area contributed by atoms with Gasteiger partial charge in [0.15, 0.2) is 5.84 Å². The van der Waals surface area contributed by atoms with Crippen LogP contribution in [-0.2, 0) is 0 Å². The fourth-order valence-electron chi connectivity index (χ4n) is 1.02. The maximum atomic E-state index is 12.6. The molecule has 17 heavy (non-hydrogen) atoms. The summed E-state index contributed by atoms with van der Waals surface area (Å²) >= 11 is 0.896. The molecule has 1 aromatic rings. The number of hydrogen-bond acceptors (Lipinski definition) is 4. The van der Waals surface area contributed by atoms with Crippen molar-refractivity contribution in [1.82, 2.24) is 4.98 Å². The highest BCUT2D eigenvalue weighted by Crippen LogP contribution is 2.31. The second-order valence-corrected chi connectivity index (χ2v) is 4.14. The van der Waals surface area contributed by atoms with Crippen LogP contribution in [0.25, 0.3) is 0 Å². The topological polar surface area (TPSA) is 71.5 Å². The summed E-state index contributed by atoms with van der Waals surface area (Å²) in [4.78, 5) is 3.87. The third-order valence-corrected chi connectivity index (χ3v) is 2.94. The first kappa shape index (κ1) is 13.6. The molecule has 0 aliphatic rings. The van der Waals surface area contributed by atoms with Crippen LogP contribution in [-0.4, -0.2) is 28.0 Å². The summed E-state index contributed by atoms with van der Waals surface area (Å²) in [6.45, 7) is 0. The van der Waals surface area contributed by atoms with Gasteiger partial charge >= 0.3 is 6.18 Å². The van der Waals surface area contributed by atoms with Crippen molar-refractivity contribution in [3.05, 3.63) is 24.4 Å². The molecule has 0 aliphatic carbocycles. The fraction of sp³-hybridized carbons (Fsp3) is 0.333. The van der Waals surface area contributed by atoms with Crippen LogP contribution in [0.3, 0.4) is 0 Å². The van der Waals surface area contributed by atoms with Crippen LogP contribution in [0.5, 0.6) is 0 Å². The molecule has 0 saturated heterocycles. The van der Waals surface area contributed by atoms with Gasteiger partial charge in [0.1, 0.15) is 5.92 Å². The minimum absolute atomic E-state index is 0.379. The summed E-state index contributed by atoms with van der Waals surface area (Å²) < 4.78 is 37.7. The van der Waals surface area contributed by atoms with E-state index >= 15 is 0 Å². The van der Waals surface area contributed by atoms with Crippen molar-refractivity contribution in [2.45, 2.75) is 11.2 Å². The van der Waals surface area contributed by atoms with E-state index in [2.05, 4.69) is 10.1 Å². The zero-order valence-corrected chi connectivity index (χ0v) is 9.37. The van der Waals surface area contributed by atoms with Gasteiger partial charge < -0.3 is 10.9 Å². The Morgan fingerprint density at radius 3 is 2.71 bits per heavy atom. The van der Waals surface area contributed by atoms with Crippen LogP contribution in [0.15, 0.2) is 34.6 Å². The summed E-state index contributed by atoms with van der Waals surface area (Å²) in [6, 6.07) is 4.92. The van der Waals surface area contributed by atoms with E-state index in [1.54, 1.807) is 18.2 Å². The molecular formula is C9H10F3N3OS. The number of thioether (sulfide) groups is 1. The van der Waals surface area contributed by atoms with Crippen LogP contribution < -0.4 is 5.73 Å². The van der Waals surface area contributed by atoms with Crippen LogP contribution in [0.2, 0.25) is 0 Å². The number of rotatable bonds is 4. The predicted molar refractivity (Wildman–Crippen MR) is 57.9 cm³/mol. The molecule has 1 atom stereocenters. The number of halogens is 3. The quantitative estimate of drug-likeness (QED) is 0.287. The molecule has 1 aromatic heterocycles. The van der Waals surface area contributed by atoms with Gasteiger partial charge in [-0.2, -0.15) is 13.2 Å². The maximum Gasteiger partial charge on any atom is 0.399 e. The highest BCUT2D eigenvalue weighted by Gasteiger charge is 2.42. The van der Waals surface area contributed by atoms with E-state index in [-0.39, 0.29) is 5.75 Å². The summed E-state index contributed by atoms with van der Waals surface area (Å²) in [7, 11) is 0. The SMILES string of the molecule is N/C(=N/O)C(CSc1ccccn1)C(F)(F)F. The van der Waals surface area contributed by atoms with Gasteiger partial charge in [-0.25, -0.2) is 4.98 Å². The lowest BCUT2D eigenvalue weighted by Gasteiger charge is -2.17. The molecule has 4 nitrogen and oxygen atoms in total. The third-order valence-electron chi connectivity index (χ3n) is 1.90. The van der Waals surface area contributed by atoms with Gasteiger partial charge in [0.05, 0.1) is 5.03 Å². The standard InChI is InChI=1S/C9H10F3N3OS/c10-9(11,12)6(8(13)15-16)5-17-7-3-1-2-4-14-7/h1-4,6,16H,5H2,(H2,13,15). The normalized spacial score (nSPS) is 14.6. The second kappa shape index (κ2) is 5.76. The molecule has 94 valence electrons. The number of amidine groups is 1. The van der Waals surface area contributed by atoms with Crippen molar-refractivity contribution >= 4 is 17.6 Å². The average Bonchev–Trinajstić information content (AvgIpc) is 2.28. The Balaban J connectivity index is 2.69. The monoisotopic (exact) mass is 265 g/mol. The lowest BCUT2D eigenvalue weighted by atomic mass is 10.1. The lowest BCUT2D eigenvalue weighted by Crippen LogP contribution is -2.37. The summed E-state index contributed by atoms with van der Waals surface area (Å²) in [5, 5.41) is 11.2. The van der Waals surface area contributed by atoms with Crippen LogP contribution in [0.1, 0.15) is 0 Å². The zero-order chi connectivity index (χ0) is 12.9. The first-order valence-corrected chi connectivity index (χ1v) is 5.51. The van der Waals surface area contributed by atoms with Gasteiger partial charge in [-0.15, -0.1) is 11.8 Å². The molecule has 0 aromatic carbocycles. The summed E-state index contributed by atoms with van der Waals surface area (Å²) in [6.07, 6.45) is -3.06. The Hall–Kier alpha value is -1.44. The van der Waals surface area contributed by atoms with E-state index in [1.807, 2.05) is 0 Å². The molecule has 0 fully saturated rings. The van der Waals surface area contributed by atoms with Crippen LogP contribution in [0, 0.1) is 5.92 Å². The van der Waals surface area contributed by atoms with Gasteiger partial charge in [-0.1, -0.05) is 11.2 Å². The Kier molecular flexibility index (Phi) is 4.62. The Morgan fingerprint density at radius 2 is 2.24 bits per heavy atom. The van der Waals surface area contributed by atoms with Crippen molar-refractivity contribution in [2.24, 2.45) is 16.8 Å². The van der Waals surface area contributed by atoms with Crippen LogP contribution >= 0.6 is 11.8 Å². The third kappa shape index (κ3) is 4.14. The Labute approximate surface area is 99.7 Å². The largest absolute Gasteiger partial charge is 0.409 e. The molecule has 3 N–H and O–H groups in total. The molecule has 1 unspecified atom stereocenters. The minimum Gasteiger partial charge on any atom is -0.409 e. The lowest BCUT2D eigenvalue weighted by molar-refractivity contribution is -0.150. The van der Waals surface area contributed by atoms with Crippen LogP contribution in [0.4, 0.5) is 13.2 Å². The van der Waals surface area contributed by atoms with E-state index in [9.17, 15) is 13.2 Å². The Bertz CT molecular complexity index is 383. The van der Waals surface area contributed by atoms with Crippen molar-refractivity contribution in [1.29, 1.82) is 0 Å². The number of oxime groups is 1. The molecular weight excluding hydrogens is 255 g/mol. The second-order valence-electron chi connectivity index (χ2n) is 3.10. The number of hydrogen-bond donors (Lipinski definition) is 2. The molecule has 0 aliphatic heterocycles. The maximum absolute atomic E-state index is 12.6. The van der Waals surface area contributed by atoms with E-state index < -0.39 is 17.9 Å². The number of pyridine rings is 1. The zero-order valence-electron chi connectivity index (χ0n) is 8.55. The highest BCUT2D eigenvalue weighted by molar-refractivity contribution is 7.99. The van der Waals surface area contributed by atoms with Gasteiger partial charge in [0.25, 0.3) is 0 Å². The van der Waals surface area contributed by atoms with Crippen molar-refractivity contribution in [3.8, 4) is 0 Å². The van der Waals surface area contributed by atoms with Crippen molar-refractivity contribution in [2.75, 3.05) is 5.75 Å². The van der Waals surface area contributed by atoms with Crippen molar-refractivity contribution in [3.63, 3.8) is 0 Å². The molecule has 8 heteroatoms. The average molecular weight is 265 g/mol. The molecule has 1 heterocycles. The summed E-state index contributed by atoms with van der Waals surface area (Å²) in [5.74, 6) is -3.21. The highest BCUT2D eigenvalue weighted by atomic mass is 32.2. The number of nitrogens with zero attached hydrogens (tertiary/aromatic N) is 2.